The molecule has 0 heterocycles. The van der Waals surface area contributed by atoms with Crippen LogP contribution in [0.4, 0.5) is 0 Å². The summed E-state index contributed by atoms with van der Waals surface area (Å²) in [6.45, 7) is 2.21. The van der Waals surface area contributed by atoms with E-state index < -0.39 is 0 Å². The van der Waals surface area contributed by atoms with Crippen LogP contribution in [0.1, 0.15) is 19.8 Å². The molecule has 1 unspecified atom stereocenters. The number of rotatable bonds is 3. The van der Waals surface area contributed by atoms with Crippen molar-refractivity contribution in [1.29, 1.82) is 0 Å². The van der Waals surface area contributed by atoms with E-state index in [1.165, 1.54) is 0 Å². The maximum Gasteiger partial charge on any atom is 0.0431 e. The average molecular weight is 140 g/mol. The molecule has 0 rings (SSSR count). The molecule has 0 aliphatic rings. The first-order chi connectivity index (χ1) is 3.27. The summed E-state index contributed by atoms with van der Waals surface area (Å²) in [5.74, 6) is 0. The minimum atomic E-state index is 0. The van der Waals surface area contributed by atoms with Crippen molar-refractivity contribution in [3.8, 4) is 0 Å². The van der Waals surface area contributed by atoms with Crippen LogP contribution in [-0.2, 0) is 0 Å². The van der Waals surface area contributed by atoms with E-state index in [2.05, 4.69) is 0 Å². The highest BCUT2D eigenvalue weighted by molar-refractivity contribution is 5.85. The van der Waals surface area contributed by atoms with Crippen molar-refractivity contribution in [2.75, 3.05) is 6.61 Å². The summed E-state index contributed by atoms with van der Waals surface area (Å²) in [7, 11) is 0. The van der Waals surface area contributed by atoms with Gasteiger partial charge in [0.2, 0.25) is 0 Å². The Morgan fingerprint density at radius 3 is 2.25 bits per heavy atom. The molecule has 3 heteroatoms. The molecule has 0 aliphatic carbocycles. The second-order valence-corrected chi connectivity index (χ2v) is 1.84. The van der Waals surface area contributed by atoms with Crippen LogP contribution in [0.2, 0.25) is 0 Å². The van der Waals surface area contributed by atoms with Crippen LogP contribution in [0, 0.1) is 0 Å². The molecule has 0 bridgehead atoms. The Morgan fingerprint density at radius 2 is 2.12 bits per heavy atom. The number of hydrogen-bond donors (Lipinski definition) is 2. The molecular weight excluding hydrogens is 126 g/mol. The maximum absolute atomic E-state index is 8.26. The zero-order valence-corrected chi connectivity index (χ0v) is 5.95. The first kappa shape index (κ1) is 11.1. The van der Waals surface area contributed by atoms with Gasteiger partial charge in [-0.2, -0.15) is 0 Å². The van der Waals surface area contributed by atoms with Gasteiger partial charge in [0.15, 0.2) is 0 Å². The van der Waals surface area contributed by atoms with Crippen LogP contribution >= 0.6 is 12.4 Å². The third-order valence-corrected chi connectivity index (χ3v) is 0.818. The van der Waals surface area contributed by atoms with Crippen LogP contribution in [0.25, 0.3) is 0 Å². The van der Waals surface area contributed by atoms with Gasteiger partial charge in [-0.1, -0.05) is 0 Å². The van der Waals surface area contributed by atoms with E-state index in [4.69, 9.17) is 10.8 Å². The number of aliphatic hydroxyl groups excluding tert-OH is 1. The van der Waals surface area contributed by atoms with Gasteiger partial charge in [-0.3, -0.25) is 0 Å². The topological polar surface area (TPSA) is 46.2 Å². The molecule has 0 aromatic heterocycles. The van der Waals surface area contributed by atoms with Crippen molar-refractivity contribution in [3.63, 3.8) is 0 Å². The normalized spacial score (nSPS) is 12.4. The van der Waals surface area contributed by atoms with Gasteiger partial charge in [-0.15, -0.1) is 12.4 Å². The standard InChI is InChI=1S/C5H13NO.ClH/c1-5(6)3-2-4-7;/h5,7H,2-4,6H2,1H3;1H. The Kier molecular flexibility index (Phi) is 9.97. The third-order valence-electron chi connectivity index (χ3n) is 0.818. The quantitative estimate of drug-likeness (QED) is 0.599. The second-order valence-electron chi connectivity index (χ2n) is 1.84. The lowest BCUT2D eigenvalue weighted by molar-refractivity contribution is 0.281. The molecule has 0 radical (unpaired) electrons. The molecule has 8 heavy (non-hydrogen) atoms. The fourth-order valence-electron chi connectivity index (χ4n) is 0.413. The van der Waals surface area contributed by atoms with Crippen molar-refractivity contribution in [2.24, 2.45) is 5.73 Å². The Morgan fingerprint density at radius 1 is 1.62 bits per heavy atom. The summed E-state index contributed by atoms with van der Waals surface area (Å²) in [6, 6.07) is 0.243. The van der Waals surface area contributed by atoms with E-state index in [1.807, 2.05) is 6.92 Å². The Bertz CT molecular complexity index is 41.4. The zero-order valence-electron chi connectivity index (χ0n) is 5.13. The van der Waals surface area contributed by atoms with Crippen molar-refractivity contribution in [1.82, 2.24) is 0 Å². The molecule has 1 atom stereocenters. The maximum atomic E-state index is 8.26. The largest absolute Gasteiger partial charge is 0.396 e. The van der Waals surface area contributed by atoms with Crippen LogP contribution in [-0.4, -0.2) is 17.8 Å². The van der Waals surface area contributed by atoms with E-state index in [9.17, 15) is 0 Å². The van der Waals surface area contributed by atoms with E-state index in [-0.39, 0.29) is 25.1 Å². The van der Waals surface area contributed by atoms with E-state index in [1.54, 1.807) is 0 Å². The lowest BCUT2D eigenvalue weighted by atomic mass is 10.2. The molecule has 0 saturated heterocycles. The minimum Gasteiger partial charge on any atom is -0.396 e. The SMILES string of the molecule is CC(N)CCCO.Cl. The number of halogens is 1. The molecule has 0 fully saturated rings. The van der Waals surface area contributed by atoms with Crippen molar-refractivity contribution < 1.29 is 5.11 Å². The molecule has 0 aliphatic heterocycles. The predicted octanol–water partition coefficient (Wildman–Crippen LogP) is 0.528. The lowest BCUT2D eigenvalue weighted by Gasteiger charge is -1.99. The lowest BCUT2D eigenvalue weighted by Crippen LogP contribution is -2.14. The Labute approximate surface area is 56.5 Å². The average Bonchev–Trinajstić information content (AvgIpc) is 1.61. The van der Waals surface area contributed by atoms with Crippen LogP contribution < -0.4 is 5.73 Å². The zero-order chi connectivity index (χ0) is 5.70. The highest BCUT2D eigenvalue weighted by atomic mass is 35.5. The number of nitrogens with two attached hydrogens (primary N) is 1. The van der Waals surface area contributed by atoms with Gasteiger partial charge in [0.25, 0.3) is 0 Å². The Balaban J connectivity index is 0. The van der Waals surface area contributed by atoms with Gasteiger partial charge in [-0.25, -0.2) is 0 Å². The van der Waals surface area contributed by atoms with Crippen molar-refractivity contribution >= 4 is 12.4 Å². The molecule has 0 spiro atoms. The number of hydrogen-bond acceptors (Lipinski definition) is 2. The van der Waals surface area contributed by atoms with Crippen LogP contribution in [0.5, 0.6) is 0 Å². The van der Waals surface area contributed by atoms with Gasteiger partial charge in [0, 0.05) is 12.6 Å². The molecule has 0 aromatic carbocycles. The molecule has 0 aromatic rings. The smallest absolute Gasteiger partial charge is 0.0431 e. The summed E-state index contributed by atoms with van der Waals surface area (Å²) >= 11 is 0. The molecule has 2 nitrogen and oxygen atoms in total. The summed E-state index contributed by atoms with van der Waals surface area (Å²) in [6.07, 6.45) is 1.76. The van der Waals surface area contributed by atoms with Gasteiger partial charge in [-0.05, 0) is 19.8 Å². The second kappa shape index (κ2) is 7.21. The predicted molar refractivity (Wildman–Crippen MR) is 37.2 cm³/mol. The fourth-order valence-corrected chi connectivity index (χ4v) is 0.413. The first-order valence-corrected chi connectivity index (χ1v) is 2.64. The molecule has 3 N–H and O–H groups in total. The summed E-state index contributed by atoms with van der Waals surface area (Å²) < 4.78 is 0. The highest BCUT2D eigenvalue weighted by Crippen LogP contribution is 1.89. The molecule has 0 amide bonds. The van der Waals surface area contributed by atoms with Gasteiger partial charge >= 0.3 is 0 Å². The van der Waals surface area contributed by atoms with Gasteiger partial charge in [0.05, 0.1) is 0 Å². The van der Waals surface area contributed by atoms with E-state index in [0.29, 0.717) is 0 Å². The van der Waals surface area contributed by atoms with Crippen molar-refractivity contribution in [3.05, 3.63) is 0 Å². The van der Waals surface area contributed by atoms with Gasteiger partial charge in [0.1, 0.15) is 0 Å². The van der Waals surface area contributed by atoms with Crippen molar-refractivity contribution in [2.45, 2.75) is 25.8 Å². The first-order valence-electron chi connectivity index (χ1n) is 2.64. The number of aliphatic hydroxyl groups is 1. The molecule has 0 saturated carbocycles. The van der Waals surface area contributed by atoms with E-state index >= 15 is 0 Å². The molecular formula is C5H14ClNO. The minimum absolute atomic E-state index is 0. The van der Waals surface area contributed by atoms with Gasteiger partial charge < -0.3 is 10.8 Å². The third kappa shape index (κ3) is 9.51. The fraction of sp³-hybridized carbons (Fsp3) is 1.00. The van der Waals surface area contributed by atoms with Crippen LogP contribution in [0.3, 0.4) is 0 Å². The Hall–Kier alpha value is 0.210. The summed E-state index contributed by atoms with van der Waals surface area (Å²) in [5, 5.41) is 8.26. The summed E-state index contributed by atoms with van der Waals surface area (Å²) in [5.41, 5.74) is 5.37. The summed E-state index contributed by atoms with van der Waals surface area (Å²) in [4.78, 5) is 0. The monoisotopic (exact) mass is 139 g/mol. The van der Waals surface area contributed by atoms with Crippen LogP contribution in [0.15, 0.2) is 0 Å². The molecule has 52 valence electrons. The highest BCUT2D eigenvalue weighted by Gasteiger charge is 1.89. The van der Waals surface area contributed by atoms with E-state index in [0.717, 1.165) is 12.8 Å².